The first-order chi connectivity index (χ1) is 9.35. The Bertz CT molecular complexity index is 411. The molecule has 0 radical (unpaired) electrons. The number of carbonyl (C=O) groups is 1. The molecule has 0 aromatic carbocycles. The molecule has 0 bridgehead atoms. The number of carbonyl (C=O) groups excluding carboxylic acids is 1. The first-order valence-electron chi connectivity index (χ1n) is 7.36. The lowest BCUT2D eigenvalue weighted by atomic mass is 9.98. The largest absolute Gasteiger partial charge is 0.338 e. The van der Waals surface area contributed by atoms with Crippen LogP contribution in [0.4, 0.5) is 0 Å². The van der Waals surface area contributed by atoms with Crippen LogP contribution in [-0.2, 0) is 14.8 Å². The number of rotatable bonds is 7. The van der Waals surface area contributed by atoms with Crippen LogP contribution in [0.15, 0.2) is 0 Å². The number of hydrogen-bond acceptors (Lipinski definition) is 4. The summed E-state index contributed by atoms with van der Waals surface area (Å²) in [7, 11) is -3.17. The molecule has 0 saturated carbocycles. The first-order valence-corrected chi connectivity index (χ1v) is 9.25. The van der Waals surface area contributed by atoms with Crippen LogP contribution in [-0.4, -0.2) is 50.7 Å². The monoisotopic (exact) mass is 305 g/mol. The summed E-state index contributed by atoms with van der Waals surface area (Å²) < 4.78 is 24.6. The number of piperidine rings is 1. The molecule has 118 valence electrons. The van der Waals surface area contributed by atoms with Crippen LogP contribution in [0.25, 0.3) is 0 Å². The summed E-state index contributed by atoms with van der Waals surface area (Å²) in [6, 6.07) is -0.322. The highest BCUT2D eigenvalue weighted by Gasteiger charge is 2.29. The summed E-state index contributed by atoms with van der Waals surface area (Å²) in [6.07, 6.45) is 6.39. The highest BCUT2D eigenvalue weighted by Crippen LogP contribution is 2.20. The number of nitrogens with zero attached hydrogens (tertiary/aromatic N) is 1. The molecule has 2 atom stereocenters. The van der Waals surface area contributed by atoms with E-state index in [2.05, 4.69) is 4.72 Å². The molecule has 1 aliphatic rings. The molecule has 3 N–H and O–H groups in total. The van der Waals surface area contributed by atoms with Crippen molar-refractivity contribution in [3.63, 3.8) is 0 Å². The van der Waals surface area contributed by atoms with Gasteiger partial charge in [0.15, 0.2) is 0 Å². The topological polar surface area (TPSA) is 92.5 Å². The smallest absolute Gasteiger partial charge is 0.239 e. The molecule has 2 unspecified atom stereocenters. The third kappa shape index (κ3) is 5.76. The second kappa shape index (κ2) is 7.95. The molecule has 1 aliphatic heterocycles. The predicted molar refractivity (Wildman–Crippen MR) is 79.7 cm³/mol. The highest BCUT2D eigenvalue weighted by molar-refractivity contribution is 7.88. The van der Waals surface area contributed by atoms with Gasteiger partial charge in [-0.25, -0.2) is 13.1 Å². The van der Waals surface area contributed by atoms with Gasteiger partial charge in [-0.3, -0.25) is 4.79 Å². The molecule has 7 heteroatoms. The highest BCUT2D eigenvalue weighted by atomic mass is 32.2. The van der Waals surface area contributed by atoms with Crippen molar-refractivity contribution < 1.29 is 13.2 Å². The summed E-state index contributed by atoms with van der Waals surface area (Å²) in [5.74, 6) is 0.0101. The number of amides is 1. The lowest BCUT2D eigenvalue weighted by molar-refractivity contribution is -0.136. The molecular formula is C13H27N3O3S. The zero-order valence-corrected chi connectivity index (χ0v) is 13.3. The standard InChI is InChI=1S/C13H27N3O3S/c1-3-6-12(14)13(17)16-10-5-4-7-11(16)8-9-15-20(2,18)19/h11-12,15H,3-10,14H2,1-2H3. The van der Waals surface area contributed by atoms with Crippen molar-refractivity contribution in [2.75, 3.05) is 19.3 Å². The SMILES string of the molecule is CCCC(N)C(=O)N1CCCCC1CCNS(C)(=O)=O. The Morgan fingerprint density at radius 3 is 2.75 bits per heavy atom. The van der Waals surface area contributed by atoms with E-state index in [0.717, 1.165) is 38.5 Å². The summed E-state index contributed by atoms with van der Waals surface area (Å²) in [4.78, 5) is 14.2. The molecule has 0 spiro atoms. The molecule has 0 aromatic heterocycles. The van der Waals surface area contributed by atoms with E-state index in [1.165, 1.54) is 0 Å². The Labute approximate surface area is 122 Å². The summed E-state index contributed by atoms with van der Waals surface area (Å²) >= 11 is 0. The summed E-state index contributed by atoms with van der Waals surface area (Å²) in [6.45, 7) is 3.12. The van der Waals surface area contributed by atoms with Crippen molar-refractivity contribution >= 4 is 15.9 Å². The number of nitrogens with one attached hydrogen (secondary N) is 1. The van der Waals surface area contributed by atoms with Gasteiger partial charge in [-0.2, -0.15) is 0 Å². The van der Waals surface area contributed by atoms with Gasteiger partial charge in [-0.05, 0) is 32.1 Å². The fourth-order valence-electron chi connectivity index (χ4n) is 2.65. The van der Waals surface area contributed by atoms with Gasteiger partial charge in [0, 0.05) is 19.1 Å². The first kappa shape index (κ1) is 17.4. The second-order valence-corrected chi connectivity index (χ2v) is 7.36. The molecule has 0 aliphatic carbocycles. The normalized spacial score (nSPS) is 21.8. The van der Waals surface area contributed by atoms with Gasteiger partial charge in [-0.1, -0.05) is 13.3 Å². The fraction of sp³-hybridized carbons (Fsp3) is 0.923. The molecular weight excluding hydrogens is 278 g/mol. The number of hydrogen-bond donors (Lipinski definition) is 2. The van der Waals surface area contributed by atoms with Gasteiger partial charge in [0.05, 0.1) is 12.3 Å². The minimum Gasteiger partial charge on any atom is -0.338 e. The number of nitrogens with two attached hydrogens (primary N) is 1. The van der Waals surface area contributed by atoms with Crippen LogP contribution < -0.4 is 10.5 Å². The Kier molecular flexibility index (Phi) is 6.91. The van der Waals surface area contributed by atoms with E-state index in [9.17, 15) is 13.2 Å². The lowest BCUT2D eigenvalue weighted by Crippen LogP contribution is -2.51. The van der Waals surface area contributed by atoms with Gasteiger partial charge in [0.1, 0.15) is 0 Å². The maximum atomic E-state index is 12.3. The van der Waals surface area contributed by atoms with Gasteiger partial charge < -0.3 is 10.6 Å². The zero-order valence-electron chi connectivity index (χ0n) is 12.5. The Balaban J connectivity index is 2.55. The van der Waals surface area contributed by atoms with Crippen molar-refractivity contribution in [3.05, 3.63) is 0 Å². The van der Waals surface area contributed by atoms with E-state index >= 15 is 0 Å². The van der Waals surface area contributed by atoms with Crippen LogP contribution in [0.5, 0.6) is 0 Å². The lowest BCUT2D eigenvalue weighted by Gasteiger charge is -2.37. The van der Waals surface area contributed by atoms with E-state index in [-0.39, 0.29) is 11.9 Å². The van der Waals surface area contributed by atoms with Crippen molar-refractivity contribution in [2.24, 2.45) is 5.73 Å². The van der Waals surface area contributed by atoms with E-state index in [1.807, 2.05) is 11.8 Å². The van der Waals surface area contributed by atoms with E-state index in [1.54, 1.807) is 0 Å². The van der Waals surface area contributed by atoms with Crippen LogP contribution >= 0.6 is 0 Å². The van der Waals surface area contributed by atoms with Crippen molar-refractivity contribution in [1.29, 1.82) is 0 Å². The summed E-state index contributed by atoms with van der Waals surface area (Å²) in [5, 5.41) is 0. The maximum Gasteiger partial charge on any atom is 0.239 e. The Morgan fingerprint density at radius 1 is 1.45 bits per heavy atom. The van der Waals surface area contributed by atoms with Crippen molar-refractivity contribution in [3.8, 4) is 0 Å². The minimum absolute atomic E-state index is 0.0101. The third-order valence-corrected chi connectivity index (χ3v) is 4.40. The molecule has 1 amide bonds. The second-order valence-electron chi connectivity index (χ2n) is 5.53. The number of likely N-dealkylation sites (tertiary alicyclic amines) is 1. The van der Waals surface area contributed by atoms with Crippen LogP contribution in [0.3, 0.4) is 0 Å². The Morgan fingerprint density at radius 2 is 2.15 bits per heavy atom. The molecule has 20 heavy (non-hydrogen) atoms. The summed E-state index contributed by atoms with van der Waals surface area (Å²) in [5.41, 5.74) is 5.92. The van der Waals surface area contributed by atoms with Crippen molar-refractivity contribution in [1.82, 2.24) is 9.62 Å². The molecule has 0 aromatic rings. The zero-order chi connectivity index (χ0) is 15.2. The third-order valence-electron chi connectivity index (χ3n) is 3.67. The number of sulfonamides is 1. The molecule has 6 nitrogen and oxygen atoms in total. The molecule has 1 heterocycles. The fourth-order valence-corrected chi connectivity index (χ4v) is 3.14. The van der Waals surface area contributed by atoms with Gasteiger partial charge in [0.25, 0.3) is 0 Å². The Hall–Kier alpha value is -0.660. The van der Waals surface area contributed by atoms with Crippen LogP contribution in [0, 0.1) is 0 Å². The van der Waals surface area contributed by atoms with E-state index in [0.29, 0.717) is 19.4 Å². The van der Waals surface area contributed by atoms with E-state index < -0.39 is 16.1 Å². The maximum absolute atomic E-state index is 12.3. The predicted octanol–water partition coefficient (Wildman–Crippen LogP) is 0.434. The molecule has 1 saturated heterocycles. The van der Waals surface area contributed by atoms with E-state index in [4.69, 9.17) is 5.73 Å². The van der Waals surface area contributed by atoms with Crippen LogP contribution in [0.2, 0.25) is 0 Å². The average Bonchev–Trinajstić information content (AvgIpc) is 2.37. The van der Waals surface area contributed by atoms with Crippen LogP contribution in [0.1, 0.15) is 45.4 Å². The quantitative estimate of drug-likeness (QED) is 0.713. The average molecular weight is 305 g/mol. The van der Waals surface area contributed by atoms with Gasteiger partial charge >= 0.3 is 0 Å². The molecule has 1 rings (SSSR count). The minimum atomic E-state index is -3.17. The molecule has 1 fully saturated rings. The van der Waals surface area contributed by atoms with Crippen molar-refractivity contribution in [2.45, 2.75) is 57.5 Å². The van der Waals surface area contributed by atoms with Gasteiger partial charge in [-0.15, -0.1) is 0 Å². The van der Waals surface area contributed by atoms with Gasteiger partial charge in [0.2, 0.25) is 15.9 Å².